The molecule has 2 aromatic rings. The van der Waals surface area contributed by atoms with Crippen molar-refractivity contribution in [3.63, 3.8) is 0 Å². The minimum absolute atomic E-state index is 0.190. The fraction of sp³-hybridized carbons (Fsp3) is 0.312. The molecule has 0 radical (unpaired) electrons. The highest BCUT2D eigenvalue weighted by Gasteiger charge is 2.20. The molecule has 116 valence electrons. The molecule has 0 saturated carbocycles. The van der Waals surface area contributed by atoms with E-state index in [2.05, 4.69) is 16.7 Å². The molecule has 0 unspecified atom stereocenters. The van der Waals surface area contributed by atoms with E-state index in [1.165, 1.54) is 0 Å². The van der Waals surface area contributed by atoms with Crippen LogP contribution < -0.4 is 0 Å². The van der Waals surface area contributed by atoms with Crippen LogP contribution in [-0.4, -0.2) is 38.7 Å². The first-order valence-corrected chi connectivity index (χ1v) is 7.43. The van der Waals surface area contributed by atoms with Gasteiger partial charge < -0.3 is 4.90 Å². The lowest BCUT2D eigenvalue weighted by Crippen LogP contribution is -2.33. The fourth-order valence-corrected chi connectivity index (χ4v) is 2.23. The van der Waals surface area contributed by atoms with Crippen molar-refractivity contribution in [3.05, 3.63) is 53.1 Å². The highest BCUT2D eigenvalue weighted by atomic mass is 35.5. The smallest absolute Gasteiger partial charge is 0.293 e. The lowest BCUT2D eigenvalue weighted by Gasteiger charge is -2.18. The first kappa shape index (κ1) is 16.2. The van der Waals surface area contributed by atoms with Crippen molar-refractivity contribution in [2.24, 2.45) is 0 Å². The molecular weight excluding hydrogens is 300 g/mol. The van der Waals surface area contributed by atoms with Crippen LogP contribution in [0, 0.1) is 6.92 Å². The van der Waals surface area contributed by atoms with Gasteiger partial charge in [0.05, 0.1) is 5.69 Å². The first-order chi connectivity index (χ1) is 10.4. The molecule has 0 bridgehead atoms. The van der Waals surface area contributed by atoms with E-state index in [1.807, 2.05) is 32.9 Å². The Kier molecular flexibility index (Phi) is 4.98. The van der Waals surface area contributed by atoms with Gasteiger partial charge >= 0.3 is 0 Å². The Morgan fingerprint density at radius 2 is 2.00 bits per heavy atom. The summed E-state index contributed by atoms with van der Waals surface area (Å²) < 4.78 is 1.64. The van der Waals surface area contributed by atoms with Crippen molar-refractivity contribution >= 4 is 17.5 Å². The van der Waals surface area contributed by atoms with E-state index < -0.39 is 0 Å². The van der Waals surface area contributed by atoms with Crippen molar-refractivity contribution in [3.8, 4) is 5.69 Å². The first-order valence-electron chi connectivity index (χ1n) is 7.05. The number of halogens is 1. The van der Waals surface area contributed by atoms with Gasteiger partial charge in [0.25, 0.3) is 5.91 Å². The number of carbonyl (C=O) groups is 1. The fourth-order valence-electron chi connectivity index (χ4n) is 2.10. The van der Waals surface area contributed by atoms with E-state index in [4.69, 9.17) is 11.6 Å². The monoisotopic (exact) mass is 318 g/mol. The number of nitrogens with zero attached hydrogens (tertiary/aromatic N) is 4. The van der Waals surface area contributed by atoms with Crippen molar-refractivity contribution in [1.29, 1.82) is 0 Å². The summed E-state index contributed by atoms with van der Waals surface area (Å²) in [5, 5.41) is 4.98. The van der Waals surface area contributed by atoms with Gasteiger partial charge in [-0.1, -0.05) is 23.8 Å². The molecule has 5 nitrogen and oxygen atoms in total. The molecule has 1 heterocycles. The maximum Gasteiger partial charge on any atom is 0.293 e. The Labute approximate surface area is 135 Å². The van der Waals surface area contributed by atoms with Gasteiger partial charge in [0.2, 0.25) is 5.82 Å². The van der Waals surface area contributed by atoms with Gasteiger partial charge in [-0.2, -0.15) is 0 Å². The Bertz CT molecular complexity index is 691. The average molecular weight is 319 g/mol. The number of amides is 1. The molecule has 1 aromatic heterocycles. The zero-order valence-electron chi connectivity index (χ0n) is 13.0. The van der Waals surface area contributed by atoms with Crippen LogP contribution in [0.3, 0.4) is 0 Å². The molecule has 22 heavy (non-hydrogen) atoms. The Hall–Kier alpha value is -2.14. The zero-order chi connectivity index (χ0) is 16.3. The predicted molar refractivity (Wildman–Crippen MR) is 87.5 cm³/mol. The average Bonchev–Trinajstić information content (AvgIpc) is 2.86. The van der Waals surface area contributed by atoms with Gasteiger partial charge in [-0.15, -0.1) is 5.10 Å². The lowest BCUT2D eigenvalue weighted by molar-refractivity contribution is 0.0766. The molecular formula is C16H19ClN4O. The van der Waals surface area contributed by atoms with Gasteiger partial charge in [0, 0.05) is 18.1 Å². The standard InChI is InChI=1S/C16H19ClN4O/c1-5-20(10-11(2)3)16(22)15-18-12(4)21(19-15)14-8-6-13(17)7-9-14/h6-9H,2,5,10H2,1,3-4H3. The quantitative estimate of drug-likeness (QED) is 0.795. The molecule has 0 atom stereocenters. The van der Waals surface area contributed by atoms with Crippen LogP contribution in [0.15, 0.2) is 36.4 Å². The maximum absolute atomic E-state index is 12.5. The molecule has 0 fully saturated rings. The molecule has 1 amide bonds. The second kappa shape index (κ2) is 6.75. The molecule has 0 N–H and O–H groups in total. The largest absolute Gasteiger partial charge is 0.332 e. The SMILES string of the molecule is C=C(C)CN(CC)C(=O)c1nc(C)n(-c2ccc(Cl)cc2)n1. The number of aryl methyl sites for hydroxylation is 1. The third-order valence-electron chi connectivity index (χ3n) is 3.16. The number of likely N-dealkylation sites (N-methyl/N-ethyl adjacent to an activating group) is 1. The second-order valence-corrected chi connectivity index (χ2v) is 5.58. The van der Waals surface area contributed by atoms with Crippen molar-refractivity contribution in [1.82, 2.24) is 19.7 Å². The van der Waals surface area contributed by atoms with E-state index in [-0.39, 0.29) is 11.7 Å². The van der Waals surface area contributed by atoms with E-state index in [0.717, 1.165) is 11.3 Å². The summed E-state index contributed by atoms with van der Waals surface area (Å²) in [5.74, 6) is 0.647. The van der Waals surface area contributed by atoms with E-state index >= 15 is 0 Å². The lowest BCUT2D eigenvalue weighted by atomic mass is 10.3. The van der Waals surface area contributed by atoms with Crippen LogP contribution in [0.25, 0.3) is 5.69 Å². The molecule has 0 aliphatic heterocycles. The zero-order valence-corrected chi connectivity index (χ0v) is 13.8. The summed E-state index contributed by atoms with van der Waals surface area (Å²) in [5.41, 5.74) is 1.74. The van der Waals surface area contributed by atoms with Gasteiger partial charge in [0.1, 0.15) is 5.82 Å². The Balaban J connectivity index is 2.30. The van der Waals surface area contributed by atoms with Crippen LogP contribution in [0.1, 0.15) is 30.3 Å². The van der Waals surface area contributed by atoms with Gasteiger partial charge in [0.15, 0.2) is 0 Å². The van der Waals surface area contributed by atoms with E-state index in [9.17, 15) is 4.79 Å². The van der Waals surface area contributed by atoms with Gasteiger partial charge in [-0.25, -0.2) is 9.67 Å². The van der Waals surface area contributed by atoms with Crippen LogP contribution >= 0.6 is 11.6 Å². The van der Waals surface area contributed by atoms with Crippen molar-refractivity contribution in [2.45, 2.75) is 20.8 Å². The van der Waals surface area contributed by atoms with Gasteiger partial charge in [-0.3, -0.25) is 4.79 Å². The van der Waals surface area contributed by atoms with Crippen molar-refractivity contribution in [2.75, 3.05) is 13.1 Å². The maximum atomic E-state index is 12.5. The van der Waals surface area contributed by atoms with Crippen LogP contribution in [0.5, 0.6) is 0 Å². The number of aromatic nitrogens is 3. The number of hydrogen-bond acceptors (Lipinski definition) is 3. The molecule has 0 spiro atoms. The molecule has 2 rings (SSSR count). The van der Waals surface area contributed by atoms with E-state index in [0.29, 0.717) is 23.9 Å². The third-order valence-corrected chi connectivity index (χ3v) is 3.41. The summed E-state index contributed by atoms with van der Waals surface area (Å²) in [6.07, 6.45) is 0. The summed E-state index contributed by atoms with van der Waals surface area (Å²) in [4.78, 5) is 18.4. The summed E-state index contributed by atoms with van der Waals surface area (Å²) in [6.45, 7) is 10.6. The molecule has 6 heteroatoms. The number of hydrogen-bond donors (Lipinski definition) is 0. The summed E-state index contributed by atoms with van der Waals surface area (Å²) >= 11 is 5.89. The summed E-state index contributed by atoms with van der Waals surface area (Å²) in [6, 6.07) is 7.23. The Morgan fingerprint density at radius 3 is 2.55 bits per heavy atom. The van der Waals surface area contributed by atoms with E-state index in [1.54, 1.807) is 21.7 Å². The topological polar surface area (TPSA) is 51.0 Å². The molecule has 0 aliphatic rings. The third kappa shape index (κ3) is 3.54. The highest BCUT2D eigenvalue weighted by molar-refractivity contribution is 6.30. The normalized spacial score (nSPS) is 10.5. The molecule has 0 aliphatic carbocycles. The number of benzene rings is 1. The minimum atomic E-state index is -0.193. The van der Waals surface area contributed by atoms with Crippen LogP contribution in [0.4, 0.5) is 0 Å². The predicted octanol–water partition coefficient (Wildman–Crippen LogP) is 3.27. The minimum Gasteiger partial charge on any atom is -0.332 e. The molecule has 0 saturated heterocycles. The van der Waals surface area contributed by atoms with Crippen LogP contribution in [0.2, 0.25) is 5.02 Å². The number of rotatable bonds is 5. The highest BCUT2D eigenvalue weighted by Crippen LogP contribution is 2.15. The second-order valence-electron chi connectivity index (χ2n) is 5.15. The van der Waals surface area contributed by atoms with Crippen molar-refractivity contribution < 1.29 is 4.79 Å². The van der Waals surface area contributed by atoms with Crippen LogP contribution in [-0.2, 0) is 0 Å². The number of carbonyl (C=O) groups excluding carboxylic acids is 1. The Morgan fingerprint density at radius 1 is 1.36 bits per heavy atom. The summed E-state index contributed by atoms with van der Waals surface area (Å²) in [7, 11) is 0. The molecule has 1 aromatic carbocycles. The van der Waals surface area contributed by atoms with Gasteiger partial charge in [-0.05, 0) is 45.0 Å².